The van der Waals surface area contributed by atoms with Crippen molar-refractivity contribution in [2.45, 2.75) is 44.6 Å². The predicted molar refractivity (Wildman–Crippen MR) is 66.4 cm³/mol. The maximum Gasteiger partial charge on any atom is 0.0597 e. The monoisotopic (exact) mass is 226 g/mol. The molecule has 2 aliphatic rings. The van der Waals surface area contributed by atoms with Gasteiger partial charge in [0.15, 0.2) is 0 Å². The van der Waals surface area contributed by atoms with E-state index in [9.17, 15) is 0 Å². The quantitative estimate of drug-likeness (QED) is 0.774. The van der Waals surface area contributed by atoms with Crippen LogP contribution >= 0.6 is 0 Å². The van der Waals surface area contributed by atoms with Crippen molar-refractivity contribution in [3.63, 3.8) is 0 Å². The van der Waals surface area contributed by atoms with Gasteiger partial charge in [-0.05, 0) is 38.3 Å². The highest BCUT2D eigenvalue weighted by molar-refractivity contribution is 4.76. The Balaban J connectivity index is 1.54. The van der Waals surface area contributed by atoms with Crippen molar-refractivity contribution in [1.82, 2.24) is 4.90 Å². The normalized spacial score (nSPS) is 28.7. The van der Waals surface area contributed by atoms with Crippen molar-refractivity contribution in [3.05, 3.63) is 0 Å². The van der Waals surface area contributed by atoms with Gasteiger partial charge in [0.1, 0.15) is 0 Å². The molecule has 3 heteroatoms. The van der Waals surface area contributed by atoms with Crippen LogP contribution in [0.1, 0.15) is 38.5 Å². The molecule has 1 saturated carbocycles. The molecule has 0 bridgehead atoms. The van der Waals surface area contributed by atoms with Gasteiger partial charge in [-0.1, -0.05) is 19.3 Å². The number of nitrogens with two attached hydrogens (primary N) is 1. The SMILES string of the molecule is NCC1CCN(CCOC2CCCCC2)C1. The van der Waals surface area contributed by atoms with Gasteiger partial charge in [0.2, 0.25) is 0 Å². The summed E-state index contributed by atoms with van der Waals surface area (Å²) < 4.78 is 5.94. The van der Waals surface area contributed by atoms with Crippen LogP contribution in [0.5, 0.6) is 0 Å². The molecule has 0 amide bonds. The lowest BCUT2D eigenvalue weighted by atomic mass is 9.98. The first-order valence-corrected chi connectivity index (χ1v) is 6.92. The number of nitrogens with zero attached hydrogens (tertiary/aromatic N) is 1. The van der Waals surface area contributed by atoms with E-state index >= 15 is 0 Å². The zero-order chi connectivity index (χ0) is 11.2. The first-order chi connectivity index (χ1) is 7.88. The molecule has 1 aliphatic heterocycles. The molecule has 0 aromatic carbocycles. The Morgan fingerprint density at radius 1 is 1.12 bits per heavy atom. The lowest BCUT2D eigenvalue weighted by Gasteiger charge is -2.23. The summed E-state index contributed by atoms with van der Waals surface area (Å²) in [6.07, 6.45) is 8.54. The minimum absolute atomic E-state index is 0.557. The maximum atomic E-state index is 5.94. The second-order valence-corrected chi connectivity index (χ2v) is 5.32. The Kier molecular flexibility index (Phi) is 5.07. The Morgan fingerprint density at radius 2 is 1.94 bits per heavy atom. The fourth-order valence-corrected chi connectivity index (χ4v) is 2.89. The average Bonchev–Trinajstić information content (AvgIpc) is 2.78. The Hall–Kier alpha value is -0.120. The maximum absolute atomic E-state index is 5.94. The second kappa shape index (κ2) is 6.58. The van der Waals surface area contributed by atoms with Gasteiger partial charge in [-0.3, -0.25) is 0 Å². The summed E-state index contributed by atoms with van der Waals surface area (Å²) >= 11 is 0. The van der Waals surface area contributed by atoms with E-state index in [4.69, 9.17) is 10.5 Å². The van der Waals surface area contributed by atoms with Crippen LogP contribution in [-0.4, -0.2) is 43.8 Å². The minimum atomic E-state index is 0.557. The van der Waals surface area contributed by atoms with Crippen LogP contribution in [0.4, 0.5) is 0 Å². The van der Waals surface area contributed by atoms with Crippen LogP contribution < -0.4 is 5.73 Å². The summed E-state index contributed by atoms with van der Waals surface area (Å²) in [5.74, 6) is 0.731. The smallest absolute Gasteiger partial charge is 0.0597 e. The van der Waals surface area contributed by atoms with Gasteiger partial charge >= 0.3 is 0 Å². The van der Waals surface area contributed by atoms with Crippen molar-refractivity contribution < 1.29 is 4.74 Å². The van der Waals surface area contributed by atoms with E-state index in [1.54, 1.807) is 0 Å². The van der Waals surface area contributed by atoms with E-state index in [-0.39, 0.29) is 0 Å². The second-order valence-electron chi connectivity index (χ2n) is 5.32. The van der Waals surface area contributed by atoms with Crippen LogP contribution in [0.15, 0.2) is 0 Å². The van der Waals surface area contributed by atoms with Crippen molar-refractivity contribution in [2.24, 2.45) is 11.7 Å². The van der Waals surface area contributed by atoms with Crippen LogP contribution in [-0.2, 0) is 4.74 Å². The van der Waals surface area contributed by atoms with E-state index < -0.39 is 0 Å². The van der Waals surface area contributed by atoms with E-state index in [1.165, 1.54) is 51.6 Å². The highest BCUT2D eigenvalue weighted by Gasteiger charge is 2.21. The first kappa shape index (κ1) is 12.3. The van der Waals surface area contributed by atoms with Gasteiger partial charge in [0, 0.05) is 13.1 Å². The highest BCUT2D eigenvalue weighted by atomic mass is 16.5. The fraction of sp³-hybridized carbons (Fsp3) is 1.00. The van der Waals surface area contributed by atoms with Gasteiger partial charge in [-0.2, -0.15) is 0 Å². The third kappa shape index (κ3) is 3.72. The van der Waals surface area contributed by atoms with E-state index in [0.717, 1.165) is 25.6 Å². The molecule has 1 saturated heterocycles. The zero-order valence-corrected chi connectivity index (χ0v) is 10.4. The zero-order valence-electron chi connectivity index (χ0n) is 10.4. The Bertz CT molecular complexity index is 192. The Morgan fingerprint density at radius 3 is 2.62 bits per heavy atom. The van der Waals surface area contributed by atoms with Crippen LogP contribution in [0.2, 0.25) is 0 Å². The standard InChI is InChI=1S/C13H26N2O/c14-10-12-6-7-15(11-12)8-9-16-13-4-2-1-3-5-13/h12-13H,1-11,14H2. The van der Waals surface area contributed by atoms with Crippen molar-refractivity contribution in [1.29, 1.82) is 0 Å². The first-order valence-electron chi connectivity index (χ1n) is 6.92. The lowest BCUT2D eigenvalue weighted by molar-refractivity contribution is 0.0185. The highest BCUT2D eigenvalue weighted by Crippen LogP contribution is 2.20. The molecule has 94 valence electrons. The number of hydrogen-bond donors (Lipinski definition) is 1. The molecule has 1 heterocycles. The largest absolute Gasteiger partial charge is 0.377 e. The minimum Gasteiger partial charge on any atom is -0.377 e. The van der Waals surface area contributed by atoms with E-state index in [1.807, 2.05) is 0 Å². The molecule has 1 unspecified atom stereocenters. The Labute approximate surface area is 99.3 Å². The molecule has 2 fully saturated rings. The predicted octanol–water partition coefficient (Wildman–Crippen LogP) is 1.62. The molecule has 0 spiro atoms. The summed E-state index contributed by atoms with van der Waals surface area (Å²) in [5.41, 5.74) is 5.68. The lowest BCUT2D eigenvalue weighted by Crippen LogP contribution is -2.28. The summed E-state index contributed by atoms with van der Waals surface area (Å²) in [7, 11) is 0. The molecule has 2 rings (SSSR count). The topological polar surface area (TPSA) is 38.5 Å². The summed E-state index contributed by atoms with van der Waals surface area (Å²) in [6, 6.07) is 0. The molecule has 0 radical (unpaired) electrons. The molecule has 1 aliphatic carbocycles. The molecule has 1 atom stereocenters. The van der Waals surface area contributed by atoms with Gasteiger partial charge in [-0.25, -0.2) is 0 Å². The number of rotatable bonds is 5. The average molecular weight is 226 g/mol. The third-order valence-corrected chi connectivity index (χ3v) is 4.02. The van der Waals surface area contributed by atoms with Crippen molar-refractivity contribution >= 4 is 0 Å². The van der Waals surface area contributed by atoms with E-state index in [0.29, 0.717) is 6.10 Å². The molecule has 2 N–H and O–H groups in total. The molecule has 0 aromatic heterocycles. The van der Waals surface area contributed by atoms with Gasteiger partial charge in [0.05, 0.1) is 12.7 Å². The van der Waals surface area contributed by atoms with Crippen LogP contribution in [0.25, 0.3) is 0 Å². The molecular formula is C13H26N2O. The molecule has 0 aromatic rings. The summed E-state index contributed by atoms with van der Waals surface area (Å²) in [5, 5.41) is 0. The van der Waals surface area contributed by atoms with Gasteiger partial charge in [-0.15, -0.1) is 0 Å². The van der Waals surface area contributed by atoms with Gasteiger partial charge < -0.3 is 15.4 Å². The van der Waals surface area contributed by atoms with Crippen LogP contribution in [0, 0.1) is 5.92 Å². The van der Waals surface area contributed by atoms with Crippen molar-refractivity contribution in [3.8, 4) is 0 Å². The summed E-state index contributed by atoms with van der Waals surface area (Å²) in [4.78, 5) is 2.50. The fourth-order valence-electron chi connectivity index (χ4n) is 2.89. The molecule has 3 nitrogen and oxygen atoms in total. The number of hydrogen-bond acceptors (Lipinski definition) is 3. The number of likely N-dealkylation sites (tertiary alicyclic amines) is 1. The molecular weight excluding hydrogens is 200 g/mol. The third-order valence-electron chi connectivity index (χ3n) is 4.02. The summed E-state index contributed by atoms with van der Waals surface area (Å²) in [6.45, 7) is 5.27. The molecule has 16 heavy (non-hydrogen) atoms. The van der Waals surface area contributed by atoms with Gasteiger partial charge in [0.25, 0.3) is 0 Å². The van der Waals surface area contributed by atoms with Crippen molar-refractivity contribution in [2.75, 3.05) is 32.8 Å². The van der Waals surface area contributed by atoms with Crippen LogP contribution in [0.3, 0.4) is 0 Å². The number of ether oxygens (including phenoxy) is 1. The van der Waals surface area contributed by atoms with E-state index in [2.05, 4.69) is 4.90 Å².